The van der Waals surface area contributed by atoms with Gasteiger partial charge in [0.25, 0.3) is 0 Å². The summed E-state index contributed by atoms with van der Waals surface area (Å²) in [5.41, 5.74) is 7.25. The van der Waals surface area contributed by atoms with Crippen LogP contribution in [0.3, 0.4) is 0 Å². The molecule has 0 heterocycles. The van der Waals surface area contributed by atoms with E-state index in [2.05, 4.69) is 37.2 Å². The zero-order chi connectivity index (χ0) is 23.8. The molecule has 0 saturated heterocycles. The van der Waals surface area contributed by atoms with Crippen molar-refractivity contribution >= 4 is 38.0 Å². The molecule has 0 spiro atoms. The van der Waals surface area contributed by atoms with Gasteiger partial charge in [-0.2, -0.15) is 0 Å². The number of carbonyl (C=O) groups excluding carboxylic acids is 1. The Morgan fingerprint density at radius 3 is 1.81 bits per heavy atom. The molecule has 31 heavy (non-hydrogen) atoms. The molecule has 0 radical (unpaired) electrons. The maximum Gasteiger partial charge on any atom is 0.408 e. The number of nitrogens with two attached hydrogens (primary N) is 1. The number of halogens is 2. The van der Waals surface area contributed by atoms with Crippen molar-refractivity contribution in [1.82, 2.24) is 5.32 Å². The molecule has 0 unspecified atom stereocenters. The second kappa shape index (κ2) is 12.3. The maximum absolute atomic E-state index is 11.7. The predicted octanol–water partition coefficient (Wildman–Crippen LogP) is 6.52. The Bertz CT molecular complexity index is 867. The van der Waals surface area contributed by atoms with Crippen LogP contribution in [0.4, 0.5) is 4.79 Å². The molecular weight excluding hydrogens is 528 g/mol. The van der Waals surface area contributed by atoms with Crippen LogP contribution in [0.25, 0.3) is 0 Å². The minimum absolute atomic E-state index is 0.0481. The Balaban J connectivity index is 0.000000343. The first-order valence-electron chi connectivity index (χ1n) is 9.80. The van der Waals surface area contributed by atoms with Crippen LogP contribution in [0.5, 0.6) is 11.5 Å². The van der Waals surface area contributed by atoms with E-state index in [1.165, 1.54) is 0 Å². The van der Waals surface area contributed by atoms with Crippen LogP contribution >= 0.6 is 31.9 Å². The van der Waals surface area contributed by atoms with Gasteiger partial charge in [-0.25, -0.2) is 4.79 Å². The number of benzene rings is 2. The van der Waals surface area contributed by atoms with Gasteiger partial charge >= 0.3 is 6.09 Å². The molecule has 0 fully saturated rings. The maximum atomic E-state index is 11.7. The molecule has 0 saturated carbocycles. The summed E-state index contributed by atoms with van der Waals surface area (Å²) in [5, 5.41) is 2.79. The molecule has 6 nitrogen and oxygen atoms in total. The summed E-state index contributed by atoms with van der Waals surface area (Å²) in [5.74, 6) is 1.56. The van der Waals surface area contributed by atoms with Gasteiger partial charge in [0.2, 0.25) is 0 Å². The van der Waals surface area contributed by atoms with Crippen LogP contribution in [0.1, 0.15) is 57.8 Å². The molecule has 1 amide bonds. The Hall–Kier alpha value is -1.77. The summed E-state index contributed by atoms with van der Waals surface area (Å²) in [6.45, 7) is 9.34. The van der Waals surface area contributed by atoms with Gasteiger partial charge in [0.15, 0.2) is 0 Å². The van der Waals surface area contributed by atoms with Crippen molar-refractivity contribution in [2.45, 2.75) is 52.3 Å². The van der Waals surface area contributed by atoms with Crippen LogP contribution in [-0.4, -0.2) is 25.9 Å². The normalized spacial score (nSPS) is 12.7. The average Bonchev–Trinajstić information content (AvgIpc) is 2.67. The molecule has 8 heteroatoms. The predicted molar refractivity (Wildman–Crippen MR) is 132 cm³/mol. The van der Waals surface area contributed by atoms with E-state index < -0.39 is 11.7 Å². The van der Waals surface area contributed by atoms with Crippen molar-refractivity contribution in [2.24, 2.45) is 5.73 Å². The van der Waals surface area contributed by atoms with E-state index in [1.54, 1.807) is 14.2 Å². The second-order valence-electron chi connectivity index (χ2n) is 7.94. The molecule has 0 bridgehead atoms. The number of nitrogens with one attached hydrogen (secondary N) is 1. The van der Waals surface area contributed by atoms with Crippen molar-refractivity contribution < 1.29 is 19.0 Å². The van der Waals surface area contributed by atoms with Crippen molar-refractivity contribution in [3.05, 3.63) is 56.5 Å². The molecule has 2 aromatic carbocycles. The van der Waals surface area contributed by atoms with E-state index in [1.807, 2.05) is 71.0 Å². The van der Waals surface area contributed by atoms with E-state index in [9.17, 15) is 4.79 Å². The fourth-order valence-electron chi connectivity index (χ4n) is 2.47. The number of alkyl carbamates (subject to hydrolysis) is 1. The van der Waals surface area contributed by atoms with Crippen molar-refractivity contribution in [3.63, 3.8) is 0 Å². The van der Waals surface area contributed by atoms with Crippen molar-refractivity contribution in [1.29, 1.82) is 0 Å². The number of carbonyl (C=O) groups is 1. The van der Waals surface area contributed by atoms with Gasteiger partial charge in [-0.15, -0.1) is 0 Å². The molecular formula is C23H32Br2N2O4. The molecule has 2 aromatic rings. The zero-order valence-corrected chi connectivity index (χ0v) is 22.3. The van der Waals surface area contributed by atoms with E-state index in [0.717, 1.165) is 31.6 Å². The fraction of sp³-hybridized carbons (Fsp3) is 0.435. The average molecular weight is 560 g/mol. The number of hydrogen-bond donors (Lipinski definition) is 2. The third kappa shape index (κ3) is 9.49. The highest BCUT2D eigenvalue weighted by Gasteiger charge is 2.18. The number of ether oxygens (including phenoxy) is 3. The van der Waals surface area contributed by atoms with E-state index >= 15 is 0 Å². The molecule has 0 aliphatic carbocycles. The molecule has 0 aliphatic rings. The van der Waals surface area contributed by atoms with Crippen LogP contribution in [0.15, 0.2) is 45.3 Å². The van der Waals surface area contributed by atoms with Gasteiger partial charge < -0.3 is 25.3 Å². The van der Waals surface area contributed by atoms with E-state index in [0.29, 0.717) is 0 Å². The number of methoxy groups -OCH3 is 2. The number of rotatable bonds is 5. The van der Waals surface area contributed by atoms with Crippen LogP contribution < -0.4 is 20.5 Å². The smallest absolute Gasteiger partial charge is 0.408 e. The summed E-state index contributed by atoms with van der Waals surface area (Å²) in [7, 11) is 3.25. The van der Waals surface area contributed by atoms with Gasteiger partial charge in [-0.05, 0) is 102 Å². The lowest BCUT2D eigenvalue weighted by molar-refractivity contribution is 0.0508. The highest BCUT2D eigenvalue weighted by molar-refractivity contribution is 9.10. The van der Waals surface area contributed by atoms with E-state index in [4.69, 9.17) is 19.9 Å². The summed E-state index contributed by atoms with van der Waals surface area (Å²) in [4.78, 5) is 11.7. The zero-order valence-electron chi connectivity index (χ0n) is 19.1. The lowest BCUT2D eigenvalue weighted by atomic mass is 10.1. The largest absolute Gasteiger partial charge is 0.496 e. The van der Waals surface area contributed by atoms with Crippen LogP contribution in [-0.2, 0) is 4.74 Å². The standard InChI is InChI=1S/C14H20BrNO3.C9H12BrNO/c1-9(16-13(17)19-14(2,3)4)10-6-7-11(15)12(8-10)18-5;1-6(11)7-3-4-8(10)9(5-7)12-2/h6-9H,1-5H3,(H,16,17);3-6H,11H2,1-2H3/t9-;6-/m11/s1. The summed E-state index contributed by atoms with van der Waals surface area (Å²) < 4.78 is 17.4. The van der Waals surface area contributed by atoms with Gasteiger partial charge in [0.1, 0.15) is 17.1 Å². The monoisotopic (exact) mass is 558 g/mol. The summed E-state index contributed by atoms with van der Waals surface area (Å²) >= 11 is 6.77. The topological polar surface area (TPSA) is 82.8 Å². The third-order valence-corrected chi connectivity index (χ3v) is 5.42. The highest BCUT2D eigenvalue weighted by atomic mass is 79.9. The van der Waals surface area contributed by atoms with Gasteiger partial charge in [0, 0.05) is 6.04 Å². The van der Waals surface area contributed by atoms with Gasteiger partial charge in [0.05, 0.1) is 29.2 Å². The Morgan fingerprint density at radius 2 is 1.39 bits per heavy atom. The number of hydrogen-bond acceptors (Lipinski definition) is 5. The first-order valence-corrected chi connectivity index (χ1v) is 11.4. The molecule has 0 aliphatic heterocycles. The Kier molecular flexibility index (Phi) is 10.8. The lowest BCUT2D eigenvalue weighted by Gasteiger charge is -2.22. The minimum atomic E-state index is -0.499. The summed E-state index contributed by atoms with van der Waals surface area (Å²) in [6, 6.07) is 11.5. The van der Waals surface area contributed by atoms with E-state index in [-0.39, 0.29) is 12.1 Å². The molecule has 172 valence electrons. The van der Waals surface area contributed by atoms with Gasteiger partial charge in [-0.3, -0.25) is 0 Å². The summed E-state index contributed by atoms with van der Waals surface area (Å²) in [6.07, 6.45) is -0.429. The second-order valence-corrected chi connectivity index (χ2v) is 9.65. The molecule has 2 rings (SSSR count). The SMILES string of the molecule is COc1cc([C@@H](C)N)ccc1Br.COc1cc([C@@H](C)NC(=O)OC(C)(C)C)ccc1Br. The van der Waals surface area contributed by atoms with Crippen molar-refractivity contribution in [2.75, 3.05) is 14.2 Å². The highest BCUT2D eigenvalue weighted by Crippen LogP contribution is 2.28. The first-order chi connectivity index (χ1) is 14.4. The van der Waals surface area contributed by atoms with Crippen molar-refractivity contribution in [3.8, 4) is 11.5 Å². The number of amides is 1. The van der Waals surface area contributed by atoms with Gasteiger partial charge in [-0.1, -0.05) is 12.1 Å². The first kappa shape index (κ1) is 27.3. The Morgan fingerprint density at radius 1 is 0.935 bits per heavy atom. The fourth-order valence-corrected chi connectivity index (χ4v) is 3.29. The lowest BCUT2D eigenvalue weighted by Crippen LogP contribution is -2.34. The Labute approximate surface area is 202 Å². The van der Waals surface area contributed by atoms with Crippen LogP contribution in [0, 0.1) is 0 Å². The molecule has 2 atom stereocenters. The quantitative estimate of drug-likeness (QED) is 0.435. The molecule has 0 aromatic heterocycles. The third-order valence-electron chi connectivity index (χ3n) is 4.11. The minimum Gasteiger partial charge on any atom is -0.496 e. The van der Waals surface area contributed by atoms with Crippen LogP contribution in [0.2, 0.25) is 0 Å². The molecule has 3 N–H and O–H groups in total.